The van der Waals surface area contributed by atoms with Crippen molar-refractivity contribution in [1.29, 1.82) is 0 Å². The number of nitrogens with zero attached hydrogens (tertiary/aromatic N) is 3. The quantitative estimate of drug-likeness (QED) is 0.901. The van der Waals surface area contributed by atoms with E-state index in [1.807, 2.05) is 4.90 Å². The first kappa shape index (κ1) is 17.7. The summed E-state index contributed by atoms with van der Waals surface area (Å²) in [5.74, 6) is 0. The van der Waals surface area contributed by atoms with Gasteiger partial charge >= 0.3 is 6.18 Å². The molecule has 1 aromatic carbocycles. The summed E-state index contributed by atoms with van der Waals surface area (Å²) in [6, 6.07) is 5.71. The molecule has 2 fully saturated rings. The van der Waals surface area contributed by atoms with Crippen LogP contribution in [0.15, 0.2) is 24.3 Å². The van der Waals surface area contributed by atoms with Crippen molar-refractivity contribution in [3.05, 3.63) is 35.4 Å². The number of rotatable bonds is 3. The van der Waals surface area contributed by atoms with E-state index in [4.69, 9.17) is 0 Å². The Bertz CT molecular complexity index is 558. The zero-order chi connectivity index (χ0) is 17.3. The Hall–Kier alpha value is -1.15. The minimum absolute atomic E-state index is 0.0109. The monoisotopic (exact) mass is 343 g/mol. The first-order valence-corrected chi connectivity index (χ1v) is 8.32. The first-order valence-electron chi connectivity index (χ1n) is 8.32. The normalized spacial score (nSPS) is 27.7. The highest BCUT2D eigenvalue weighted by molar-refractivity contribution is 5.29. The van der Waals surface area contributed by atoms with Crippen LogP contribution in [0.4, 0.5) is 13.2 Å². The van der Waals surface area contributed by atoms with Crippen LogP contribution in [-0.4, -0.2) is 78.3 Å². The molecule has 0 amide bonds. The maximum Gasteiger partial charge on any atom is 0.416 e. The van der Waals surface area contributed by atoms with Crippen LogP contribution in [0, 0.1) is 0 Å². The Labute approximate surface area is 140 Å². The molecule has 3 rings (SSSR count). The molecule has 24 heavy (non-hydrogen) atoms. The molecule has 0 bridgehead atoms. The summed E-state index contributed by atoms with van der Waals surface area (Å²) >= 11 is 0. The van der Waals surface area contributed by atoms with Crippen molar-refractivity contribution in [1.82, 2.24) is 14.7 Å². The fraction of sp³-hybridized carbons (Fsp3) is 0.647. The Morgan fingerprint density at radius 1 is 1.08 bits per heavy atom. The number of hydrogen-bond donors (Lipinski definition) is 1. The molecule has 0 spiro atoms. The van der Waals surface area contributed by atoms with Gasteiger partial charge in [-0.3, -0.25) is 9.80 Å². The number of aliphatic hydroxyl groups is 1. The van der Waals surface area contributed by atoms with Crippen molar-refractivity contribution in [2.75, 3.05) is 46.3 Å². The number of likely N-dealkylation sites (tertiary alicyclic amines) is 1. The van der Waals surface area contributed by atoms with Crippen molar-refractivity contribution in [2.24, 2.45) is 0 Å². The predicted octanol–water partition coefficient (Wildman–Crippen LogP) is 1.50. The Morgan fingerprint density at radius 3 is 2.42 bits per heavy atom. The minimum Gasteiger partial charge on any atom is -0.390 e. The summed E-state index contributed by atoms with van der Waals surface area (Å²) in [5.41, 5.74) is -0.307. The molecule has 2 atom stereocenters. The van der Waals surface area contributed by atoms with Crippen LogP contribution in [0.5, 0.6) is 0 Å². The fourth-order valence-corrected chi connectivity index (χ4v) is 3.66. The molecule has 0 saturated carbocycles. The lowest BCUT2D eigenvalue weighted by atomic mass is 10.1. The summed E-state index contributed by atoms with van der Waals surface area (Å²) in [6.45, 7) is 4.95. The predicted molar refractivity (Wildman–Crippen MR) is 85.6 cm³/mol. The van der Waals surface area contributed by atoms with E-state index in [2.05, 4.69) is 16.8 Å². The SMILES string of the molecule is CN1CCN(C2CN(Cc3ccccc3C(F)(F)F)CC2O)CC1. The number of halogens is 3. The van der Waals surface area contributed by atoms with Gasteiger partial charge in [0.1, 0.15) is 0 Å². The van der Waals surface area contributed by atoms with Crippen LogP contribution >= 0.6 is 0 Å². The van der Waals surface area contributed by atoms with Gasteiger partial charge in [0.2, 0.25) is 0 Å². The summed E-state index contributed by atoms with van der Waals surface area (Å²) in [6.07, 6.45) is -4.85. The average molecular weight is 343 g/mol. The number of piperazine rings is 1. The summed E-state index contributed by atoms with van der Waals surface area (Å²) in [5, 5.41) is 10.4. The topological polar surface area (TPSA) is 30.0 Å². The molecule has 1 aromatic rings. The second kappa shape index (κ2) is 7.00. The zero-order valence-corrected chi connectivity index (χ0v) is 13.8. The number of likely N-dealkylation sites (N-methyl/N-ethyl adjacent to an activating group) is 1. The Balaban J connectivity index is 1.66. The lowest BCUT2D eigenvalue weighted by Gasteiger charge is -2.37. The first-order chi connectivity index (χ1) is 11.3. The Morgan fingerprint density at radius 2 is 1.75 bits per heavy atom. The van der Waals surface area contributed by atoms with E-state index >= 15 is 0 Å². The van der Waals surface area contributed by atoms with Crippen LogP contribution in [0.2, 0.25) is 0 Å². The lowest BCUT2D eigenvalue weighted by Crippen LogP contribution is -2.52. The third-order valence-electron chi connectivity index (χ3n) is 5.06. The Kier molecular flexibility index (Phi) is 5.15. The summed E-state index contributed by atoms with van der Waals surface area (Å²) in [4.78, 5) is 6.44. The van der Waals surface area contributed by atoms with Gasteiger partial charge in [-0.2, -0.15) is 13.2 Å². The van der Waals surface area contributed by atoms with E-state index < -0.39 is 17.8 Å². The van der Waals surface area contributed by atoms with E-state index in [0.29, 0.717) is 13.1 Å². The van der Waals surface area contributed by atoms with Gasteiger partial charge in [-0.25, -0.2) is 0 Å². The van der Waals surface area contributed by atoms with Gasteiger partial charge in [0.25, 0.3) is 0 Å². The zero-order valence-electron chi connectivity index (χ0n) is 13.8. The smallest absolute Gasteiger partial charge is 0.390 e. The third kappa shape index (κ3) is 3.91. The fourth-order valence-electron chi connectivity index (χ4n) is 3.66. The van der Waals surface area contributed by atoms with Crippen molar-refractivity contribution < 1.29 is 18.3 Å². The van der Waals surface area contributed by atoms with Crippen LogP contribution < -0.4 is 0 Å². The molecule has 134 valence electrons. The second-order valence-corrected chi connectivity index (χ2v) is 6.82. The molecule has 7 heteroatoms. The molecule has 0 aliphatic carbocycles. The maximum absolute atomic E-state index is 13.1. The largest absolute Gasteiger partial charge is 0.416 e. The lowest BCUT2D eigenvalue weighted by molar-refractivity contribution is -0.138. The van der Waals surface area contributed by atoms with Gasteiger partial charge in [0, 0.05) is 51.9 Å². The van der Waals surface area contributed by atoms with E-state index in [-0.39, 0.29) is 18.2 Å². The van der Waals surface area contributed by atoms with Gasteiger partial charge < -0.3 is 10.0 Å². The average Bonchev–Trinajstić information content (AvgIpc) is 2.88. The van der Waals surface area contributed by atoms with Gasteiger partial charge in [-0.05, 0) is 18.7 Å². The summed E-state index contributed by atoms with van der Waals surface area (Å²) < 4.78 is 39.4. The number of aliphatic hydroxyl groups excluding tert-OH is 1. The van der Waals surface area contributed by atoms with Crippen LogP contribution in [0.1, 0.15) is 11.1 Å². The molecule has 4 nitrogen and oxygen atoms in total. The van der Waals surface area contributed by atoms with Crippen molar-refractivity contribution in [3.63, 3.8) is 0 Å². The highest BCUT2D eigenvalue weighted by atomic mass is 19.4. The van der Waals surface area contributed by atoms with Crippen LogP contribution in [0.3, 0.4) is 0 Å². The standard InChI is InChI=1S/C17H24F3N3O/c1-21-6-8-23(9-7-21)15-11-22(12-16(15)24)10-13-4-2-3-5-14(13)17(18,19)20/h2-5,15-16,24H,6-12H2,1H3. The van der Waals surface area contributed by atoms with E-state index in [0.717, 1.165) is 32.2 Å². The van der Waals surface area contributed by atoms with Gasteiger partial charge in [0.05, 0.1) is 11.7 Å². The van der Waals surface area contributed by atoms with Crippen molar-refractivity contribution in [3.8, 4) is 0 Å². The van der Waals surface area contributed by atoms with E-state index in [9.17, 15) is 18.3 Å². The highest BCUT2D eigenvalue weighted by Gasteiger charge is 2.38. The molecule has 2 unspecified atom stereocenters. The van der Waals surface area contributed by atoms with Crippen molar-refractivity contribution >= 4 is 0 Å². The molecule has 2 aliphatic heterocycles. The van der Waals surface area contributed by atoms with E-state index in [1.54, 1.807) is 6.07 Å². The van der Waals surface area contributed by atoms with Crippen LogP contribution in [0.25, 0.3) is 0 Å². The molecule has 0 aromatic heterocycles. The number of β-amino-alcohol motifs (C(OH)–C–C–N with tert-alkyl or cyclic N) is 1. The van der Waals surface area contributed by atoms with Crippen molar-refractivity contribution in [2.45, 2.75) is 24.9 Å². The number of alkyl halides is 3. The highest BCUT2D eigenvalue weighted by Crippen LogP contribution is 2.33. The van der Waals surface area contributed by atoms with Gasteiger partial charge in [-0.15, -0.1) is 0 Å². The molecule has 2 heterocycles. The minimum atomic E-state index is -4.34. The van der Waals surface area contributed by atoms with Crippen LogP contribution in [-0.2, 0) is 12.7 Å². The molecular weight excluding hydrogens is 319 g/mol. The molecule has 1 N–H and O–H groups in total. The number of hydrogen-bond acceptors (Lipinski definition) is 4. The van der Waals surface area contributed by atoms with E-state index in [1.165, 1.54) is 12.1 Å². The van der Waals surface area contributed by atoms with Gasteiger partial charge in [-0.1, -0.05) is 18.2 Å². The third-order valence-corrected chi connectivity index (χ3v) is 5.06. The maximum atomic E-state index is 13.1. The number of benzene rings is 1. The molecule has 2 aliphatic rings. The summed E-state index contributed by atoms with van der Waals surface area (Å²) in [7, 11) is 2.07. The van der Waals surface area contributed by atoms with Gasteiger partial charge in [0.15, 0.2) is 0 Å². The molecular formula is C17H24F3N3O. The molecule has 2 saturated heterocycles. The molecule has 0 radical (unpaired) electrons. The second-order valence-electron chi connectivity index (χ2n) is 6.82.